The van der Waals surface area contributed by atoms with Gasteiger partial charge in [0.25, 0.3) is 10.0 Å². The first kappa shape index (κ1) is 15.5. The number of rotatable bonds is 4. The van der Waals surface area contributed by atoms with E-state index in [4.69, 9.17) is 0 Å². The topological polar surface area (TPSA) is 46.2 Å². The minimum atomic E-state index is -3.53. The van der Waals surface area contributed by atoms with Gasteiger partial charge in [-0.1, -0.05) is 25.1 Å². The van der Waals surface area contributed by atoms with E-state index in [1.807, 2.05) is 39.0 Å². The lowest BCUT2D eigenvalue weighted by molar-refractivity contribution is 0.603. The van der Waals surface area contributed by atoms with Crippen molar-refractivity contribution in [3.05, 3.63) is 44.7 Å². The van der Waals surface area contributed by atoms with Crippen molar-refractivity contribution in [2.45, 2.75) is 31.4 Å². The predicted molar refractivity (Wildman–Crippen MR) is 88.1 cm³/mol. The van der Waals surface area contributed by atoms with Crippen LogP contribution in [0.25, 0.3) is 0 Å². The highest BCUT2D eigenvalue weighted by Crippen LogP contribution is 2.32. The average molecular weight is 374 g/mol. The minimum absolute atomic E-state index is 0.326. The lowest BCUT2D eigenvalue weighted by atomic mass is 10.1. The van der Waals surface area contributed by atoms with Gasteiger partial charge in [-0.3, -0.25) is 4.72 Å². The van der Waals surface area contributed by atoms with Gasteiger partial charge in [0.15, 0.2) is 0 Å². The second-order valence-electron chi connectivity index (χ2n) is 4.59. The van der Waals surface area contributed by atoms with Crippen LogP contribution in [-0.4, -0.2) is 8.42 Å². The third kappa shape index (κ3) is 3.07. The van der Waals surface area contributed by atoms with Crippen molar-refractivity contribution in [2.75, 3.05) is 4.72 Å². The molecule has 6 heteroatoms. The lowest BCUT2D eigenvalue weighted by Gasteiger charge is -2.13. The zero-order chi connectivity index (χ0) is 14.9. The molecule has 0 unspecified atom stereocenters. The van der Waals surface area contributed by atoms with E-state index in [1.165, 1.54) is 11.3 Å². The van der Waals surface area contributed by atoms with Crippen LogP contribution in [0.15, 0.2) is 32.3 Å². The van der Waals surface area contributed by atoms with E-state index in [2.05, 4.69) is 20.7 Å². The number of anilines is 1. The molecule has 0 atom stereocenters. The number of nitrogens with one attached hydrogen (secondary N) is 1. The highest BCUT2D eigenvalue weighted by Gasteiger charge is 2.20. The van der Waals surface area contributed by atoms with Gasteiger partial charge in [0.1, 0.15) is 4.21 Å². The molecular weight excluding hydrogens is 358 g/mol. The summed E-state index contributed by atoms with van der Waals surface area (Å²) in [6.45, 7) is 5.80. The van der Waals surface area contributed by atoms with Crippen LogP contribution in [0.1, 0.15) is 23.6 Å². The maximum absolute atomic E-state index is 12.5. The second-order valence-corrected chi connectivity index (χ2v) is 8.87. The van der Waals surface area contributed by atoms with E-state index in [1.54, 1.807) is 6.07 Å². The molecule has 0 aliphatic carbocycles. The van der Waals surface area contributed by atoms with Crippen LogP contribution in [-0.2, 0) is 16.4 Å². The Morgan fingerprint density at radius 1 is 1.25 bits per heavy atom. The smallest absolute Gasteiger partial charge is 0.271 e. The van der Waals surface area contributed by atoms with Crippen molar-refractivity contribution in [2.24, 2.45) is 0 Å². The Hall–Kier alpha value is -0.850. The molecule has 108 valence electrons. The molecule has 0 aliphatic heterocycles. The average Bonchev–Trinajstić information content (AvgIpc) is 2.73. The number of aryl methyl sites for hydroxylation is 3. The Kier molecular flexibility index (Phi) is 4.56. The molecule has 1 heterocycles. The van der Waals surface area contributed by atoms with Gasteiger partial charge in [-0.05, 0) is 59.0 Å². The summed E-state index contributed by atoms with van der Waals surface area (Å²) in [6.07, 6.45) is 0.784. The lowest BCUT2D eigenvalue weighted by Crippen LogP contribution is -2.14. The Morgan fingerprint density at radius 2 is 1.95 bits per heavy atom. The largest absolute Gasteiger partial charge is 0.278 e. The van der Waals surface area contributed by atoms with E-state index in [9.17, 15) is 8.42 Å². The van der Waals surface area contributed by atoms with Crippen LogP contribution in [0.5, 0.6) is 0 Å². The maximum atomic E-state index is 12.5. The number of benzene rings is 1. The molecule has 2 rings (SSSR count). The highest BCUT2D eigenvalue weighted by atomic mass is 79.9. The van der Waals surface area contributed by atoms with Gasteiger partial charge >= 0.3 is 0 Å². The SMILES string of the molecule is CCc1cccc(C)c1NS(=O)(=O)c1cc(C)c(Br)s1. The number of para-hydroxylation sites is 1. The molecule has 20 heavy (non-hydrogen) atoms. The van der Waals surface area contributed by atoms with Crippen LogP contribution in [0.2, 0.25) is 0 Å². The monoisotopic (exact) mass is 373 g/mol. The summed E-state index contributed by atoms with van der Waals surface area (Å²) < 4.78 is 28.8. The molecule has 1 aromatic heterocycles. The normalized spacial score (nSPS) is 11.6. The number of thiophene rings is 1. The predicted octanol–water partition coefficient (Wildman–Crippen LogP) is 4.49. The molecule has 3 nitrogen and oxygen atoms in total. The Morgan fingerprint density at radius 3 is 2.50 bits per heavy atom. The molecule has 0 saturated carbocycles. The van der Waals surface area contributed by atoms with E-state index < -0.39 is 10.0 Å². The van der Waals surface area contributed by atoms with Crippen LogP contribution in [0.3, 0.4) is 0 Å². The first-order chi connectivity index (χ1) is 9.35. The zero-order valence-corrected chi connectivity index (χ0v) is 14.7. The fourth-order valence-corrected chi connectivity index (χ4v) is 5.32. The van der Waals surface area contributed by atoms with Crippen LogP contribution >= 0.6 is 27.3 Å². The standard InChI is InChI=1S/C14H16BrNO2S2/c1-4-11-7-5-6-9(2)13(11)16-20(17,18)12-8-10(3)14(15)19-12/h5-8,16H,4H2,1-3H3. The molecule has 0 bridgehead atoms. The first-order valence-electron chi connectivity index (χ1n) is 6.22. The van der Waals surface area contributed by atoms with Crippen molar-refractivity contribution in [1.82, 2.24) is 0 Å². The molecule has 2 aromatic rings. The molecule has 1 N–H and O–H groups in total. The third-order valence-electron chi connectivity index (χ3n) is 3.08. The Bertz CT molecular complexity index is 716. The summed E-state index contributed by atoms with van der Waals surface area (Å²) in [7, 11) is -3.53. The number of sulfonamides is 1. The van der Waals surface area contributed by atoms with E-state index in [-0.39, 0.29) is 0 Å². The summed E-state index contributed by atoms with van der Waals surface area (Å²) in [5, 5.41) is 0. The molecule has 0 amide bonds. The van der Waals surface area contributed by atoms with Crippen molar-refractivity contribution in [3.8, 4) is 0 Å². The summed E-state index contributed by atoms with van der Waals surface area (Å²) in [6, 6.07) is 7.48. The molecule has 0 fully saturated rings. The molecule has 0 radical (unpaired) electrons. The van der Waals surface area contributed by atoms with Crippen molar-refractivity contribution in [3.63, 3.8) is 0 Å². The van der Waals surface area contributed by atoms with Gasteiger partial charge in [0.05, 0.1) is 9.47 Å². The second kappa shape index (κ2) is 5.87. The molecule has 0 spiro atoms. The Labute approximate surface area is 132 Å². The summed E-state index contributed by atoms with van der Waals surface area (Å²) in [4.78, 5) is 0. The van der Waals surface area contributed by atoms with E-state index >= 15 is 0 Å². The van der Waals surface area contributed by atoms with Gasteiger partial charge in [0, 0.05) is 0 Å². The fraction of sp³-hybridized carbons (Fsp3) is 0.286. The fourth-order valence-electron chi connectivity index (χ4n) is 1.92. The van der Waals surface area contributed by atoms with Crippen molar-refractivity contribution >= 4 is 43.0 Å². The summed E-state index contributed by atoms with van der Waals surface area (Å²) >= 11 is 4.59. The van der Waals surface area contributed by atoms with Gasteiger partial charge in [-0.25, -0.2) is 8.42 Å². The van der Waals surface area contributed by atoms with E-state index in [0.717, 1.165) is 26.9 Å². The van der Waals surface area contributed by atoms with Crippen LogP contribution < -0.4 is 4.72 Å². The summed E-state index contributed by atoms with van der Waals surface area (Å²) in [5.41, 5.74) is 3.55. The molecule has 0 aliphatic rings. The van der Waals surface area contributed by atoms with Crippen LogP contribution in [0, 0.1) is 13.8 Å². The first-order valence-corrected chi connectivity index (χ1v) is 9.31. The third-order valence-corrected chi connectivity index (χ3v) is 7.04. The quantitative estimate of drug-likeness (QED) is 0.857. The molecule has 0 saturated heterocycles. The number of hydrogen-bond donors (Lipinski definition) is 1. The maximum Gasteiger partial charge on any atom is 0.271 e. The number of hydrogen-bond acceptors (Lipinski definition) is 3. The zero-order valence-electron chi connectivity index (χ0n) is 11.5. The molecule has 1 aromatic carbocycles. The van der Waals surface area contributed by atoms with Crippen LogP contribution in [0.4, 0.5) is 5.69 Å². The molecular formula is C14H16BrNO2S2. The van der Waals surface area contributed by atoms with E-state index in [0.29, 0.717) is 9.90 Å². The van der Waals surface area contributed by atoms with Gasteiger partial charge < -0.3 is 0 Å². The minimum Gasteiger partial charge on any atom is -0.278 e. The van der Waals surface area contributed by atoms with Crippen molar-refractivity contribution in [1.29, 1.82) is 0 Å². The summed E-state index contributed by atoms with van der Waals surface area (Å²) in [5.74, 6) is 0. The van der Waals surface area contributed by atoms with Gasteiger partial charge in [-0.15, -0.1) is 11.3 Å². The van der Waals surface area contributed by atoms with Crippen molar-refractivity contribution < 1.29 is 8.42 Å². The Balaban J connectivity index is 2.43. The van der Waals surface area contributed by atoms with Gasteiger partial charge in [-0.2, -0.15) is 0 Å². The highest BCUT2D eigenvalue weighted by molar-refractivity contribution is 9.11. The number of halogens is 1. The van der Waals surface area contributed by atoms with Gasteiger partial charge in [0.2, 0.25) is 0 Å².